The fourth-order valence-corrected chi connectivity index (χ4v) is 4.71. The zero-order chi connectivity index (χ0) is 16.7. The van der Waals surface area contributed by atoms with E-state index in [1.807, 2.05) is 42.1 Å². The van der Waals surface area contributed by atoms with Gasteiger partial charge < -0.3 is 5.32 Å². The van der Waals surface area contributed by atoms with Crippen LogP contribution in [0.5, 0.6) is 0 Å². The molecule has 4 nitrogen and oxygen atoms in total. The first-order chi connectivity index (χ1) is 11.6. The van der Waals surface area contributed by atoms with Crippen molar-refractivity contribution in [2.45, 2.75) is 45.6 Å². The van der Waals surface area contributed by atoms with Crippen molar-refractivity contribution in [3.05, 3.63) is 47.8 Å². The molecule has 24 heavy (non-hydrogen) atoms. The van der Waals surface area contributed by atoms with Gasteiger partial charge in [-0.05, 0) is 74.6 Å². The van der Waals surface area contributed by atoms with Crippen LogP contribution in [0.1, 0.15) is 48.5 Å². The van der Waals surface area contributed by atoms with Gasteiger partial charge in [-0.1, -0.05) is 12.5 Å². The molecule has 0 unspecified atom stereocenters. The van der Waals surface area contributed by atoms with Gasteiger partial charge in [0, 0.05) is 24.0 Å². The van der Waals surface area contributed by atoms with Gasteiger partial charge in [0.15, 0.2) is 0 Å². The topological polar surface area (TPSA) is 46.9 Å². The Kier molecular flexibility index (Phi) is 3.91. The second-order valence-corrected chi connectivity index (χ2v) is 7.55. The second-order valence-electron chi connectivity index (χ2n) is 7.55. The molecule has 2 aliphatic rings. The molecule has 0 radical (unpaired) electrons. The fourth-order valence-electron chi connectivity index (χ4n) is 4.71. The SMILES string of the molecule is Cc1ccc(C(=O)N[C@H](C)[C@@H]2C[C@H]3CC[C@H]2C3)cc1-n1cccn1. The van der Waals surface area contributed by atoms with Crippen molar-refractivity contribution in [1.82, 2.24) is 15.1 Å². The third-order valence-electron chi connectivity index (χ3n) is 6.02. The number of hydrogen-bond acceptors (Lipinski definition) is 2. The van der Waals surface area contributed by atoms with Crippen LogP contribution >= 0.6 is 0 Å². The lowest BCUT2D eigenvalue weighted by atomic mass is 9.84. The summed E-state index contributed by atoms with van der Waals surface area (Å²) in [6.07, 6.45) is 9.07. The van der Waals surface area contributed by atoms with E-state index in [1.54, 1.807) is 6.20 Å². The second kappa shape index (κ2) is 6.08. The highest BCUT2D eigenvalue weighted by atomic mass is 16.1. The highest BCUT2D eigenvalue weighted by Crippen LogP contribution is 2.49. The van der Waals surface area contributed by atoms with Crippen LogP contribution < -0.4 is 5.32 Å². The van der Waals surface area contributed by atoms with Crippen molar-refractivity contribution < 1.29 is 4.79 Å². The minimum absolute atomic E-state index is 0.0266. The third-order valence-corrected chi connectivity index (χ3v) is 6.02. The van der Waals surface area contributed by atoms with E-state index in [9.17, 15) is 4.79 Å². The molecular formula is C20H25N3O. The molecule has 4 heteroatoms. The Balaban J connectivity index is 1.49. The predicted octanol–water partition coefficient (Wildman–Crippen LogP) is 3.74. The van der Waals surface area contributed by atoms with Gasteiger partial charge in [0.05, 0.1) is 5.69 Å². The number of carbonyl (C=O) groups excluding carboxylic acids is 1. The maximum absolute atomic E-state index is 12.7. The summed E-state index contributed by atoms with van der Waals surface area (Å²) < 4.78 is 1.81. The number of amides is 1. The van der Waals surface area contributed by atoms with E-state index in [2.05, 4.69) is 17.3 Å². The van der Waals surface area contributed by atoms with Crippen molar-refractivity contribution in [2.24, 2.45) is 17.8 Å². The molecular weight excluding hydrogens is 298 g/mol. The fraction of sp³-hybridized carbons (Fsp3) is 0.500. The number of nitrogens with zero attached hydrogens (tertiary/aromatic N) is 2. The molecule has 2 fully saturated rings. The van der Waals surface area contributed by atoms with Crippen molar-refractivity contribution in [3.63, 3.8) is 0 Å². The standard InChI is InChI=1S/C20H25N3O/c1-13-4-6-17(12-19(13)23-9-3-8-21-23)20(24)22-14(2)18-11-15-5-7-16(18)10-15/h3-4,6,8-9,12,14-16,18H,5,7,10-11H2,1-2H3,(H,22,24)/t14-,15+,16+,18+/m1/s1. The zero-order valence-electron chi connectivity index (χ0n) is 14.4. The first-order valence-electron chi connectivity index (χ1n) is 9.03. The lowest BCUT2D eigenvalue weighted by molar-refractivity contribution is 0.0915. The van der Waals surface area contributed by atoms with Gasteiger partial charge >= 0.3 is 0 Å². The Hall–Kier alpha value is -2.10. The molecule has 1 aromatic heterocycles. The van der Waals surface area contributed by atoms with Crippen molar-refractivity contribution in [3.8, 4) is 5.69 Å². The zero-order valence-corrected chi connectivity index (χ0v) is 14.4. The summed E-state index contributed by atoms with van der Waals surface area (Å²) in [5, 5.41) is 7.53. The van der Waals surface area contributed by atoms with Gasteiger partial charge in [-0.2, -0.15) is 5.10 Å². The lowest BCUT2D eigenvalue weighted by Gasteiger charge is -2.28. The van der Waals surface area contributed by atoms with Gasteiger partial charge in [-0.15, -0.1) is 0 Å². The van der Waals surface area contributed by atoms with Crippen LogP contribution in [0.4, 0.5) is 0 Å². The highest BCUT2D eigenvalue weighted by molar-refractivity contribution is 5.95. The maximum Gasteiger partial charge on any atom is 0.251 e. The quantitative estimate of drug-likeness (QED) is 0.932. The number of aromatic nitrogens is 2. The molecule has 0 spiro atoms. The third kappa shape index (κ3) is 2.74. The number of nitrogens with one attached hydrogen (secondary N) is 1. The minimum atomic E-state index is 0.0266. The molecule has 2 aliphatic carbocycles. The van der Waals surface area contributed by atoms with Crippen molar-refractivity contribution >= 4 is 5.91 Å². The van der Waals surface area contributed by atoms with Gasteiger partial charge in [-0.3, -0.25) is 4.79 Å². The Labute approximate surface area is 143 Å². The van der Waals surface area contributed by atoms with Crippen LogP contribution in [0.15, 0.2) is 36.7 Å². The Morgan fingerprint density at radius 1 is 1.33 bits per heavy atom. The highest BCUT2D eigenvalue weighted by Gasteiger charge is 2.42. The van der Waals surface area contributed by atoms with E-state index in [0.29, 0.717) is 11.5 Å². The summed E-state index contributed by atoms with van der Waals surface area (Å²) in [6, 6.07) is 7.98. The van der Waals surface area contributed by atoms with Crippen LogP contribution in [0, 0.1) is 24.7 Å². The van der Waals surface area contributed by atoms with Crippen LogP contribution in [0.25, 0.3) is 5.69 Å². The largest absolute Gasteiger partial charge is 0.349 e. The molecule has 1 N–H and O–H groups in total. The van der Waals surface area contributed by atoms with E-state index >= 15 is 0 Å². The van der Waals surface area contributed by atoms with E-state index in [-0.39, 0.29) is 11.9 Å². The van der Waals surface area contributed by atoms with Crippen molar-refractivity contribution in [2.75, 3.05) is 0 Å². The number of hydrogen-bond donors (Lipinski definition) is 1. The van der Waals surface area contributed by atoms with Crippen LogP contribution in [-0.4, -0.2) is 21.7 Å². The van der Waals surface area contributed by atoms with Crippen molar-refractivity contribution in [1.29, 1.82) is 0 Å². The monoisotopic (exact) mass is 323 g/mol. The molecule has 2 saturated carbocycles. The molecule has 0 saturated heterocycles. The Morgan fingerprint density at radius 2 is 2.21 bits per heavy atom. The summed E-state index contributed by atoms with van der Waals surface area (Å²) in [5.41, 5.74) is 2.78. The number of carbonyl (C=O) groups is 1. The normalized spacial score (nSPS) is 26.5. The Morgan fingerprint density at radius 3 is 2.88 bits per heavy atom. The van der Waals surface area contributed by atoms with Crippen LogP contribution in [0.3, 0.4) is 0 Å². The van der Waals surface area contributed by atoms with Gasteiger partial charge in [-0.25, -0.2) is 4.68 Å². The summed E-state index contributed by atoms with van der Waals surface area (Å²) in [4.78, 5) is 12.7. The Bertz CT molecular complexity index is 737. The molecule has 0 aliphatic heterocycles. The summed E-state index contributed by atoms with van der Waals surface area (Å²) >= 11 is 0. The molecule has 1 heterocycles. The predicted molar refractivity (Wildman–Crippen MR) is 94.2 cm³/mol. The van der Waals surface area contributed by atoms with E-state index in [1.165, 1.54) is 25.7 Å². The first kappa shape index (κ1) is 15.4. The average molecular weight is 323 g/mol. The molecule has 2 aromatic rings. The number of rotatable bonds is 4. The summed E-state index contributed by atoms with van der Waals surface area (Å²) in [6.45, 7) is 4.21. The van der Waals surface area contributed by atoms with Gasteiger partial charge in [0.25, 0.3) is 5.91 Å². The average Bonchev–Trinajstić information content (AvgIpc) is 3.32. The summed E-state index contributed by atoms with van der Waals surface area (Å²) in [5.74, 6) is 2.41. The molecule has 4 atom stereocenters. The smallest absolute Gasteiger partial charge is 0.251 e. The number of aryl methyl sites for hydroxylation is 1. The van der Waals surface area contributed by atoms with Gasteiger partial charge in [0.1, 0.15) is 0 Å². The van der Waals surface area contributed by atoms with Crippen LogP contribution in [0.2, 0.25) is 0 Å². The first-order valence-corrected chi connectivity index (χ1v) is 9.03. The summed E-state index contributed by atoms with van der Waals surface area (Å²) in [7, 11) is 0. The van der Waals surface area contributed by atoms with Gasteiger partial charge in [0.2, 0.25) is 0 Å². The van der Waals surface area contributed by atoms with Crippen LogP contribution in [-0.2, 0) is 0 Å². The minimum Gasteiger partial charge on any atom is -0.349 e. The number of benzene rings is 1. The lowest BCUT2D eigenvalue weighted by Crippen LogP contribution is -2.40. The van der Waals surface area contributed by atoms with E-state index in [0.717, 1.165) is 23.1 Å². The maximum atomic E-state index is 12.7. The molecule has 1 amide bonds. The molecule has 4 rings (SSSR count). The van der Waals surface area contributed by atoms with E-state index < -0.39 is 0 Å². The molecule has 1 aromatic carbocycles. The number of fused-ring (bicyclic) bond motifs is 2. The van der Waals surface area contributed by atoms with E-state index in [4.69, 9.17) is 0 Å². The molecule has 126 valence electrons. The molecule has 2 bridgehead atoms.